The molecule has 23 heavy (non-hydrogen) atoms. The van der Waals surface area contributed by atoms with Crippen molar-refractivity contribution in [3.8, 4) is 0 Å². The van der Waals surface area contributed by atoms with Crippen LogP contribution in [0, 0.1) is 11.3 Å². The molecular weight excluding hydrogens is 302 g/mol. The predicted octanol–water partition coefficient (Wildman–Crippen LogP) is 2.81. The lowest BCUT2D eigenvalue weighted by molar-refractivity contribution is -0.226. The lowest BCUT2D eigenvalue weighted by Gasteiger charge is -2.36. The van der Waals surface area contributed by atoms with Gasteiger partial charge in [0.25, 0.3) is 5.79 Å². The SMILES string of the molecule is CC(C)(C)C(=O)OC(CC(=O)O)(CC1CCCCC1)OC(N)=O. The van der Waals surface area contributed by atoms with Gasteiger partial charge in [0.15, 0.2) is 0 Å². The Labute approximate surface area is 136 Å². The molecular formula is C16H27NO6. The van der Waals surface area contributed by atoms with Crippen molar-refractivity contribution in [2.75, 3.05) is 0 Å². The van der Waals surface area contributed by atoms with Gasteiger partial charge in [0, 0.05) is 6.42 Å². The summed E-state index contributed by atoms with van der Waals surface area (Å²) in [6.45, 7) is 4.93. The molecule has 1 aliphatic rings. The highest BCUT2D eigenvalue weighted by atomic mass is 16.7. The molecule has 1 aliphatic carbocycles. The quantitative estimate of drug-likeness (QED) is 0.572. The first-order valence-electron chi connectivity index (χ1n) is 7.98. The van der Waals surface area contributed by atoms with Gasteiger partial charge in [0.05, 0.1) is 5.41 Å². The van der Waals surface area contributed by atoms with E-state index in [2.05, 4.69) is 0 Å². The first-order valence-corrected chi connectivity index (χ1v) is 7.98. The molecule has 1 saturated carbocycles. The fraction of sp³-hybridized carbons (Fsp3) is 0.812. The number of carboxylic acids is 1. The first kappa shape index (κ1) is 19.3. The standard InChI is InChI=1S/C16H27NO6/c1-15(2,3)13(20)22-16(10-12(18)19,23-14(17)21)9-11-7-5-4-6-8-11/h11H,4-10H2,1-3H3,(H2,17,21)(H,18,19). The zero-order valence-corrected chi connectivity index (χ0v) is 14.1. The second kappa shape index (κ2) is 7.66. The highest BCUT2D eigenvalue weighted by Gasteiger charge is 2.45. The lowest BCUT2D eigenvalue weighted by atomic mass is 9.83. The van der Waals surface area contributed by atoms with E-state index in [0.717, 1.165) is 32.1 Å². The third-order valence-electron chi connectivity index (χ3n) is 3.92. The van der Waals surface area contributed by atoms with Gasteiger partial charge in [-0.05, 0) is 26.7 Å². The normalized spacial score (nSPS) is 18.7. The van der Waals surface area contributed by atoms with Crippen molar-refractivity contribution in [1.82, 2.24) is 0 Å². The summed E-state index contributed by atoms with van der Waals surface area (Å²) in [7, 11) is 0. The van der Waals surface area contributed by atoms with E-state index in [1.165, 1.54) is 0 Å². The molecule has 0 aliphatic heterocycles. The molecule has 0 aromatic heterocycles. The molecule has 0 saturated heterocycles. The summed E-state index contributed by atoms with van der Waals surface area (Å²) in [6.07, 6.45) is 3.34. The summed E-state index contributed by atoms with van der Waals surface area (Å²) in [4.78, 5) is 34.8. The number of ether oxygens (including phenoxy) is 2. The Morgan fingerprint density at radius 2 is 1.65 bits per heavy atom. The minimum Gasteiger partial charge on any atom is -0.481 e. The zero-order valence-electron chi connectivity index (χ0n) is 14.1. The smallest absolute Gasteiger partial charge is 0.407 e. The Morgan fingerprint density at radius 1 is 1.09 bits per heavy atom. The number of esters is 1. The fourth-order valence-corrected chi connectivity index (χ4v) is 2.82. The van der Waals surface area contributed by atoms with E-state index in [-0.39, 0.29) is 12.3 Å². The topological polar surface area (TPSA) is 116 Å². The Kier molecular flexibility index (Phi) is 6.41. The van der Waals surface area contributed by atoms with E-state index in [4.69, 9.17) is 15.2 Å². The van der Waals surface area contributed by atoms with Crippen LogP contribution in [0.25, 0.3) is 0 Å². The molecule has 1 amide bonds. The summed E-state index contributed by atoms with van der Waals surface area (Å²) in [5.41, 5.74) is 4.25. The Morgan fingerprint density at radius 3 is 2.09 bits per heavy atom. The van der Waals surface area contributed by atoms with Crippen molar-refractivity contribution in [3.63, 3.8) is 0 Å². The van der Waals surface area contributed by atoms with Crippen molar-refractivity contribution < 1.29 is 29.0 Å². The number of primary amides is 1. The fourth-order valence-electron chi connectivity index (χ4n) is 2.82. The van der Waals surface area contributed by atoms with Crippen LogP contribution in [0.3, 0.4) is 0 Å². The summed E-state index contributed by atoms with van der Waals surface area (Å²) < 4.78 is 10.4. The molecule has 7 heteroatoms. The molecule has 1 atom stereocenters. The van der Waals surface area contributed by atoms with Crippen molar-refractivity contribution >= 4 is 18.0 Å². The van der Waals surface area contributed by atoms with Gasteiger partial charge in [0.2, 0.25) is 0 Å². The Balaban J connectivity index is 3.03. The molecule has 7 nitrogen and oxygen atoms in total. The Hall–Kier alpha value is -1.79. The second-order valence-electron chi connectivity index (χ2n) is 7.25. The van der Waals surface area contributed by atoms with E-state index in [1.54, 1.807) is 20.8 Å². The van der Waals surface area contributed by atoms with E-state index in [0.29, 0.717) is 0 Å². The molecule has 1 rings (SSSR count). The number of amides is 1. The van der Waals surface area contributed by atoms with Crippen LogP contribution in [-0.4, -0.2) is 28.9 Å². The highest BCUT2D eigenvalue weighted by molar-refractivity contribution is 5.77. The minimum absolute atomic E-state index is 0.134. The monoisotopic (exact) mass is 329 g/mol. The number of nitrogens with two attached hydrogens (primary N) is 1. The van der Waals surface area contributed by atoms with Gasteiger partial charge in [0.1, 0.15) is 6.42 Å². The third-order valence-corrected chi connectivity index (χ3v) is 3.92. The van der Waals surface area contributed by atoms with E-state index < -0.39 is 35.7 Å². The number of aliphatic carboxylic acids is 1. The molecule has 132 valence electrons. The van der Waals surface area contributed by atoms with Gasteiger partial charge >= 0.3 is 18.0 Å². The van der Waals surface area contributed by atoms with Crippen LogP contribution >= 0.6 is 0 Å². The molecule has 3 N–H and O–H groups in total. The number of rotatable bonds is 6. The van der Waals surface area contributed by atoms with Gasteiger partial charge in [-0.3, -0.25) is 9.59 Å². The minimum atomic E-state index is -1.84. The largest absolute Gasteiger partial charge is 0.481 e. The molecule has 1 unspecified atom stereocenters. The van der Waals surface area contributed by atoms with Crippen LogP contribution in [-0.2, 0) is 19.1 Å². The average Bonchev–Trinajstić information content (AvgIpc) is 2.36. The first-order chi connectivity index (χ1) is 10.5. The number of carbonyl (C=O) groups excluding carboxylic acids is 2. The second-order valence-corrected chi connectivity index (χ2v) is 7.25. The van der Waals surface area contributed by atoms with Gasteiger partial charge in [-0.25, -0.2) is 4.79 Å². The van der Waals surface area contributed by atoms with Gasteiger partial charge < -0.3 is 20.3 Å². The maximum absolute atomic E-state index is 12.2. The molecule has 0 bridgehead atoms. The summed E-state index contributed by atoms with van der Waals surface area (Å²) >= 11 is 0. The molecule has 0 aromatic carbocycles. The van der Waals surface area contributed by atoms with Gasteiger partial charge in [-0.1, -0.05) is 32.1 Å². The van der Waals surface area contributed by atoms with Crippen LogP contribution in [0.15, 0.2) is 0 Å². The summed E-state index contributed by atoms with van der Waals surface area (Å²) in [6, 6.07) is 0. The maximum atomic E-state index is 12.2. The Bertz CT molecular complexity index is 432. The predicted molar refractivity (Wildman–Crippen MR) is 82.4 cm³/mol. The molecule has 0 aromatic rings. The van der Waals surface area contributed by atoms with Crippen LogP contribution in [0.5, 0.6) is 0 Å². The van der Waals surface area contributed by atoms with E-state index >= 15 is 0 Å². The maximum Gasteiger partial charge on any atom is 0.407 e. The van der Waals surface area contributed by atoms with Crippen molar-refractivity contribution in [2.45, 2.75) is 71.5 Å². The van der Waals surface area contributed by atoms with Crippen molar-refractivity contribution in [1.29, 1.82) is 0 Å². The molecule has 0 radical (unpaired) electrons. The number of hydrogen-bond acceptors (Lipinski definition) is 5. The van der Waals surface area contributed by atoms with Gasteiger partial charge in [-0.15, -0.1) is 0 Å². The van der Waals surface area contributed by atoms with Crippen LogP contribution < -0.4 is 5.73 Å². The summed E-state index contributed by atoms with van der Waals surface area (Å²) in [5, 5.41) is 9.18. The molecule has 0 spiro atoms. The van der Waals surface area contributed by atoms with Gasteiger partial charge in [-0.2, -0.15) is 0 Å². The molecule has 0 heterocycles. The average molecular weight is 329 g/mol. The lowest BCUT2D eigenvalue weighted by Crippen LogP contribution is -2.47. The number of carboxylic acid groups (broad SMARTS) is 1. The van der Waals surface area contributed by atoms with Crippen LogP contribution in [0.2, 0.25) is 0 Å². The summed E-state index contributed by atoms with van der Waals surface area (Å²) in [5.74, 6) is -3.56. The number of hydrogen-bond donors (Lipinski definition) is 2. The number of carbonyl (C=O) groups is 3. The van der Waals surface area contributed by atoms with E-state index in [1.807, 2.05) is 0 Å². The van der Waals surface area contributed by atoms with Crippen LogP contribution in [0.1, 0.15) is 65.7 Å². The van der Waals surface area contributed by atoms with E-state index in [9.17, 15) is 19.5 Å². The molecule has 1 fully saturated rings. The third kappa shape index (κ3) is 6.46. The van der Waals surface area contributed by atoms with Crippen molar-refractivity contribution in [3.05, 3.63) is 0 Å². The van der Waals surface area contributed by atoms with Crippen LogP contribution in [0.4, 0.5) is 4.79 Å². The zero-order chi connectivity index (χ0) is 17.7. The highest BCUT2D eigenvalue weighted by Crippen LogP contribution is 2.36. The van der Waals surface area contributed by atoms with Crippen molar-refractivity contribution in [2.24, 2.45) is 17.1 Å².